The van der Waals surface area contributed by atoms with Crippen molar-refractivity contribution in [2.75, 3.05) is 47.1 Å². The number of hydrogen-bond acceptors (Lipinski definition) is 5. The van der Waals surface area contributed by atoms with E-state index in [1.54, 1.807) is 14.2 Å². The van der Waals surface area contributed by atoms with E-state index in [1.807, 2.05) is 24.3 Å². The van der Waals surface area contributed by atoms with Crippen molar-refractivity contribution >= 4 is 0 Å². The molecule has 0 amide bonds. The zero-order valence-electron chi connectivity index (χ0n) is 14.8. The Hall–Kier alpha value is -1.14. The van der Waals surface area contributed by atoms with E-state index in [0.29, 0.717) is 38.8 Å². The van der Waals surface area contributed by atoms with Crippen molar-refractivity contribution < 1.29 is 19.3 Å². The Morgan fingerprint density at radius 3 is 2.52 bits per heavy atom. The third-order valence-electron chi connectivity index (χ3n) is 3.43. The highest BCUT2D eigenvalue weighted by atomic mass is 16.5. The van der Waals surface area contributed by atoms with Crippen LogP contribution in [0.15, 0.2) is 24.3 Å². The molecule has 0 saturated carbocycles. The molecule has 5 heteroatoms. The van der Waals surface area contributed by atoms with Crippen LogP contribution in [0.4, 0.5) is 0 Å². The average Bonchev–Trinajstić information content (AvgIpc) is 2.52. The van der Waals surface area contributed by atoms with Crippen LogP contribution in [0.25, 0.3) is 0 Å². The summed E-state index contributed by atoms with van der Waals surface area (Å²) < 4.78 is 16.1. The smallest absolute Gasteiger partial charge is 0.123 e. The van der Waals surface area contributed by atoms with Gasteiger partial charge in [0.2, 0.25) is 0 Å². The van der Waals surface area contributed by atoms with E-state index in [-0.39, 0.29) is 0 Å². The number of ether oxygens (including phenoxy) is 3. The highest BCUT2D eigenvalue weighted by Crippen LogP contribution is 2.19. The van der Waals surface area contributed by atoms with E-state index in [4.69, 9.17) is 14.2 Å². The third kappa shape index (κ3) is 8.32. The van der Waals surface area contributed by atoms with Crippen molar-refractivity contribution in [3.8, 4) is 5.75 Å². The van der Waals surface area contributed by atoms with Crippen molar-refractivity contribution in [1.29, 1.82) is 0 Å². The van der Waals surface area contributed by atoms with Gasteiger partial charge in [0.05, 0.1) is 26.4 Å². The van der Waals surface area contributed by atoms with Gasteiger partial charge in [-0.2, -0.15) is 0 Å². The van der Waals surface area contributed by atoms with Crippen LogP contribution in [0.5, 0.6) is 5.75 Å². The standard InChI is InChI=1S/C18H31NO4/c1-15(2)13-23-14-17(20)12-19(9-10-21-3)11-16-7-5-6-8-18(16)22-4/h5-8,15,17,20H,9-14H2,1-4H3/t17-/m1/s1. The second-order valence-corrected chi connectivity index (χ2v) is 6.12. The maximum atomic E-state index is 10.2. The topological polar surface area (TPSA) is 51.2 Å². The molecule has 0 aliphatic heterocycles. The van der Waals surface area contributed by atoms with Gasteiger partial charge in [-0.25, -0.2) is 0 Å². The molecule has 0 unspecified atom stereocenters. The summed E-state index contributed by atoms with van der Waals surface area (Å²) in [5, 5.41) is 10.2. The molecule has 0 aliphatic carbocycles. The molecule has 0 heterocycles. The lowest BCUT2D eigenvalue weighted by atomic mass is 10.1. The summed E-state index contributed by atoms with van der Waals surface area (Å²) in [6, 6.07) is 7.94. The number of aliphatic hydroxyl groups excluding tert-OH is 1. The van der Waals surface area contributed by atoms with E-state index in [9.17, 15) is 5.11 Å². The molecule has 1 N–H and O–H groups in total. The van der Waals surface area contributed by atoms with Crippen LogP contribution < -0.4 is 4.74 Å². The van der Waals surface area contributed by atoms with Gasteiger partial charge in [-0.1, -0.05) is 32.0 Å². The molecular formula is C18H31NO4. The van der Waals surface area contributed by atoms with E-state index >= 15 is 0 Å². The Kier molecular flexibility index (Phi) is 9.87. The molecule has 1 aromatic carbocycles. The number of nitrogens with zero attached hydrogens (tertiary/aromatic N) is 1. The van der Waals surface area contributed by atoms with Crippen molar-refractivity contribution in [1.82, 2.24) is 4.90 Å². The molecule has 0 bridgehead atoms. The van der Waals surface area contributed by atoms with Crippen LogP contribution in [0.3, 0.4) is 0 Å². The molecule has 23 heavy (non-hydrogen) atoms. The quantitative estimate of drug-likeness (QED) is 0.638. The normalized spacial score (nSPS) is 12.8. The van der Waals surface area contributed by atoms with Crippen molar-refractivity contribution in [2.24, 2.45) is 5.92 Å². The van der Waals surface area contributed by atoms with Crippen molar-refractivity contribution in [2.45, 2.75) is 26.5 Å². The molecule has 132 valence electrons. The molecule has 0 saturated heterocycles. The van der Waals surface area contributed by atoms with Crippen molar-refractivity contribution in [3.05, 3.63) is 29.8 Å². The van der Waals surface area contributed by atoms with E-state index in [1.165, 1.54) is 0 Å². The van der Waals surface area contributed by atoms with Gasteiger partial charge >= 0.3 is 0 Å². The van der Waals surface area contributed by atoms with E-state index < -0.39 is 6.10 Å². The van der Waals surface area contributed by atoms with E-state index in [0.717, 1.165) is 17.9 Å². The SMILES string of the molecule is COCCN(Cc1ccccc1OC)C[C@@H](O)COCC(C)C. The van der Waals surface area contributed by atoms with Gasteiger partial charge in [-0.15, -0.1) is 0 Å². The molecule has 0 fully saturated rings. The summed E-state index contributed by atoms with van der Waals surface area (Å²) in [4.78, 5) is 2.16. The maximum absolute atomic E-state index is 10.2. The lowest BCUT2D eigenvalue weighted by Crippen LogP contribution is -2.36. The van der Waals surface area contributed by atoms with Gasteiger partial charge in [-0.05, 0) is 12.0 Å². The Morgan fingerprint density at radius 1 is 1.13 bits per heavy atom. The summed E-state index contributed by atoms with van der Waals surface area (Å²) >= 11 is 0. The minimum atomic E-state index is -0.514. The minimum absolute atomic E-state index is 0.355. The van der Waals surface area contributed by atoms with Crippen molar-refractivity contribution in [3.63, 3.8) is 0 Å². The van der Waals surface area contributed by atoms with Crippen LogP contribution in [-0.2, 0) is 16.0 Å². The molecule has 1 rings (SSSR count). The molecule has 0 radical (unpaired) electrons. The fourth-order valence-electron chi connectivity index (χ4n) is 2.32. The molecule has 5 nitrogen and oxygen atoms in total. The highest BCUT2D eigenvalue weighted by Gasteiger charge is 2.14. The van der Waals surface area contributed by atoms with Crippen LogP contribution in [0, 0.1) is 5.92 Å². The summed E-state index contributed by atoms with van der Waals surface area (Å²) in [5.74, 6) is 1.33. The lowest BCUT2D eigenvalue weighted by Gasteiger charge is -2.25. The molecule has 0 spiro atoms. The van der Waals surface area contributed by atoms with Gasteiger partial charge in [0.15, 0.2) is 0 Å². The molecule has 1 atom stereocenters. The highest BCUT2D eigenvalue weighted by molar-refractivity contribution is 5.33. The number of hydrogen-bond donors (Lipinski definition) is 1. The third-order valence-corrected chi connectivity index (χ3v) is 3.43. The monoisotopic (exact) mass is 325 g/mol. The van der Waals surface area contributed by atoms with Gasteiger partial charge in [-0.3, -0.25) is 4.90 Å². The summed E-state index contributed by atoms with van der Waals surface area (Å²) in [5.41, 5.74) is 1.10. The number of rotatable bonds is 12. The summed E-state index contributed by atoms with van der Waals surface area (Å²) in [6.07, 6.45) is -0.514. The Balaban J connectivity index is 2.57. The average molecular weight is 325 g/mol. The van der Waals surface area contributed by atoms with Crippen LogP contribution in [-0.4, -0.2) is 63.2 Å². The largest absolute Gasteiger partial charge is 0.496 e. The molecule has 0 aliphatic rings. The first-order valence-electron chi connectivity index (χ1n) is 8.15. The zero-order valence-corrected chi connectivity index (χ0v) is 14.8. The van der Waals surface area contributed by atoms with Gasteiger partial charge < -0.3 is 19.3 Å². The van der Waals surface area contributed by atoms with Gasteiger partial charge in [0.1, 0.15) is 5.75 Å². The first kappa shape index (κ1) is 19.9. The molecular weight excluding hydrogens is 294 g/mol. The predicted octanol–water partition coefficient (Wildman–Crippen LogP) is 2.18. The summed E-state index contributed by atoms with van der Waals surface area (Å²) in [6.45, 7) is 7.83. The lowest BCUT2D eigenvalue weighted by molar-refractivity contribution is 0.00326. The van der Waals surface area contributed by atoms with Crippen LogP contribution in [0.1, 0.15) is 19.4 Å². The molecule has 1 aromatic rings. The van der Waals surface area contributed by atoms with Crippen LogP contribution in [0.2, 0.25) is 0 Å². The Labute approximate surface area is 140 Å². The fourth-order valence-corrected chi connectivity index (χ4v) is 2.32. The maximum Gasteiger partial charge on any atom is 0.123 e. The van der Waals surface area contributed by atoms with E-state index in [2.05, 4.69) is 18.7 Å². The molecule has 0 aromatic heterocycles. The minimum Gasteiger partial charge on any atom is -0.496 e. The van der Waals surface area contributed by atoms with Gasteiger partial charge in [0.25, 0.3) is 0 Å². The Morgan fingerprint density at radius 2 is 1.87 bits per heavy atom. The Bertz CT molecular complexity index is 425. The second-order valence-electron chi connectivity index (χ2n) is 6.12. The number of methoxy groups -OCH3 is 2. The number of aliphatic hydroxyl groups is 1. The second kappa shape index (κ2) is 11.4. The summed E-state index contributed by atoms with van der Waals surface area (Å²) in [7, 11) is 3.36. The number of para-hydroxylation sites is 1. The van der Waals surface area contributed by atoms with Gasteiger partial charge in [0, 0.05) is 38.9 Å². The van der Waals surface area contributed by atoms with Crippen LogP contribution >= 0.6 is 0 Å². The number of benzene rings is 1. The first-order valence-corrected chi connectivity index (χ1v) is 8.15. The fraction of sp³-hybridized carbons (Fsp3) is 0.667. The first-order chi connectivity index (χ1) is 11.1. The zero-order chi connectivity index (χ0) is 17.1. The predicted molar refractivity (Wildman–Crippen MR) is 91.8 cm³/mol.